The molecule has 0 atom stereocenters. The molecule has 0 aromatic carbocycles. The zero-order valence-electron chi connectivity index (χ0n) is 11.3. The largest absolute Gasteiger partial charge is 2.00 e. The summed E-state index contributed by atoms with van der Waals surface area (Å²) < 4.78 is 6.47. The molecule has 0 fully saturated rings. The fourth-order valence-electron chi connectivity index (χ4n) is 0.163. The van der Waals surface area contributed by atoms with Crippen molar-refractivity contribution >= 4 is 93.9 Å². The van der Waals surface area contributed by atoms with E-state index in [1.54, 1.807) is 0 Å². The predicted molar refractivity (Wildman–Crippen MR) is 49.6 cm³/mol. The van der Waals surface area contributed by atoms with E-state index in [0.29, 0.717) is 0 Å². The summed E-state index contributed by atoms with van der Waals surface area (Å²) in [6.07, 6.45) is -5.64. The van der Waals surface area contributed by atoms with Gasteiger partial charge in [-0.15, -0.1) is 0 Å². The van der Waals surface area contributed by atoms with Crippen molar-refractivity contribution in [3.8, 4) is 0 Å². The second-order valence-corrected chi connectivity index (χ2v) is 0.986. The summed E-state index contributed by atoms with van der Waals surface area (Å²) in [5, 5.41) is 15.4. The van der Waals surface area contributed by atoms with Crippen molar-refractivity contribution in [2.75, 3.05) is 0 Å². The molecular weight excluding hydrogens is 256 g/mol. The molecule has 0 amide bonds. The van der Waals surface area contributed by atoms with Crippen molar-refractivity contribution in [2.45, 2.75) is 0 Å². The molecule has 9 nitrogen and oxygen atoms in total. The van der Waals surface area contributed by atoms with Gasteiger partial charge in [-0.05, 0) is 0 Å². The summed E-state index contributed by atoms with van der Waals surface area (Å²) in [6, 6.07) is 0. The first-order valence-corrected chi connectivity index (χ1v) is 1.88. The van der Waals surface area contributed by atoms with E-state index in [1.165, 1.54) is 0 Å². The van der Waals surface area contributed by atoms with Crippen molar-refractivity contribution < 1.29 is 39.8 Å². The number of carbonyl (C=O) groups is 3. The molecule has 0 spiro atoms. The van der Waals surface area contributed by atoms with Gasteiger partial charge < -0.3 is 37.7 Å². The monoisotopic (exact) mass is 268 g/mol. The Morgan fingerprint density at radius 2 is 1.07 bits per heavy atom. The fourth-order valence-corrected chi connectivity index (χ4v) is 0.163. The molecule has 80 valence electrons. The number of carboxylic acid groups (broad SMARTS) is 2. The van der Waals surface area contributed by atoms with E-state index in [0.717, 1.165) is 0 Å². The molecule has 0 aliphatic carbocycles. The van der Waals surface area contributed by atoms with Crippen molar-refractivity contribution in [3.63, 3.8) is 0 Å². The summed E-state index contributed by atoms with van der Waals surface area (Å²) >= 11 is 0. The van der Waals surface area contributed by atoms with Crippen molar-refractivity contribution in [1.29, 1.82) is 0 Å². The maximum absolute atomic E-state index is 9.86. The van der Waals surface area contributed by atoms with Gasteiger partial charge in [0.25, 0.3) is 0 Å². The third-order valence-electron chi connectivity index (χ3n) is 0.341. The maximum Gasteiger partial charge on any atom is 2.00 e. The summed E-state index contributed by atoms with van der Waals surface area (Å²) in [5.74, 6) is 0. The quantitative estimate of drug-likeness (QED) is 0.276. The van der Waals surface area contributed by atoms with Crippen LogP contribution in [0.25, 0.3) is 0 Å². The molecule has 0 saturated heterocycles. The first-order chi connectivity index (χ1) is 4.52. The van der Waals surface area contributed by atoms with E-state index in [2.05, 4.69) is 9.47 Å². The Balaban J connectivity index is -0.0000000145. The molecule has 0 unspecified atom stereocenters. The smallest absolute Gasteiger partial charge is 1.00 e. The number of rotatable bonds is 0. The minimum atomic E-state index is -1.92. The van der Waals surface area contributed by atoms with Gasteiger partial charge in [0.05, 0.1) is 0 Å². The average molecular weight is 268 g/mol. The third-order valence-corrected chi connectivity index (χ3v) is 0.341. The molecule has 0 saturated carbocycles. The van der Waals surface area contributed by atoms with Crippen LogP contribution < -0.4 is 12.3 Å². The first kappa shape index (κ1) is 29.3. The van der Waals surface area contributed by atoms with Crippen LogP contribution in [0.15, 0.2) is 0 Å². The Kier molecular flexibility index (Phi) is 33.7. The van der Waals surface area contributed by atoms with Crippen LogP contribution in [-0.4, -0.2) is 104 Å². The van der Waals surface area contributed by atoms with E-state index in [1.807, 2.05) is 0 Å². The van der Waals surface area contributed by atoms with Gasteiger partial charge in [0.1, 0.15) is 0 Å². The van der Waals surface area contributed by atoms with Gasteiger partial charge in [-0.2, -0.15) is 0 Å². The van der Waals surface area contributed by atoms with Crippen LogP contribution in [0.4, 0.5) is 14.4 Å². The van der Waals surface area contributed by atoms with Crippen molar-refractivity contribution in [2.24, 2.45) is 0 Å². The summed E-state index contributed by atoms with van der Waals surface area (Å²) in [6.45, 7) is 0. The number of hydrogen-bond acceptors (Lipinski definition) is 7. The van der Waals surface area contributed by atoms with Gasteiger partial charge in [-0.25, -0.2) is 14.4 Å². The Morgan fingerprint density at radius 1 is 0.857 bits per heavy atom. The molecule has 0 heterocycles. The van der Waals surface area contributed by atoms with Crippen LogP contribution in [0, 0.1) is 0 Å². The molecule has 0 aromatic heterocycles. The number of ether oxygens (including phenoxy) is 2. The van der Waals surface area contributed by atoms with E-state index in [4.69, 9.17) is 10.2 Å². The van der Waals surface area contributed by atoms with Crippen molar-refractivity contribution in [3.05, 3.63) is 0 Å². The van der Waals surface area contributed by atoms with Crippen LogP contribution in [0.1, 0.15) is 5.71 Å². The Hall–Kier alpha value is 0.649. The minimum Gasteiger partial charge on any atom is -1.00 e. The standard InChI is InChI=1S/C3H2O7.2Ca.2H3N.4H/c4-1(5)9-3(8)10-2(6)7;;;;;;;;/h(H,4,5)(H,6,7);;;2*1H3;;;;/q;2*+2;;;4*-1. The van der Waals surface area contributed by atoms with Crippen LogP contribution in [0.2, 0.25) is 0 Å². The van der Waals surface area contributed by atoms with Gasteiger partial charge in [0, 0.05) is 0 Å². The molecule has 14 heavy (non-hydrogen) atoms. The van der Waals surface area contributed by atoms with Gasteiger partial charge in [-0.3, -0.25) is 0 Å². The number of hydrogen-bond donors (Lipinski definition) is 4. The number of carbonyl (C=O) groups excluding carboxylic acids is 1. The van der Waals surface area contributed by atoms with Crippen LogP contribution in [-0.2, 0) is 9.47 Å². The molecule has 0 rings (SSSR count). The maximum atomic E-state index is 9.86. The van der Waals surface area contributed by atoms with Gasteiger partial charge in [-0.1, -0.05) is 0 Å². The molecule has 0 bridgehead atoms. The predicted octanol–water partition coefficient (Wildman–Crippen LogP) is 0.508. The Bertz CT molecular complexity index is 182. The molecular formula is C3H12Ca2N2O7. The molecule has 8 N–H and O–H groups in total. The van der Waals surface area contributed by atoms with E-state index >= 15 is 0 Å². The Labute approximate surface area is 144 Å². The van der Waals surface area contributed by atoms with Crippen LogP contribution in [0.5, 0.6) is 0 Å². The SMILES string of the molecule is N.N.O=C(O)OC(=O)OC(=O)O.[Ca+2].[Ca+2].[H-].[H-].[H-].[H-]. The Morgan fingerprint density at radius 3 is 1.21 bits per heavy atom. The zero-order chi connectivity index (χ0) is 8.15. The minimum absolute atomic E-state index is 0. The van der Waals surface area contributed by atoms with Crippen LogP contribution >= 0.6 is 0 Å². The van der Waals surface area contributed by atoms with E-state index in [-0.39, 0.29) is 93.5 Å². The summed E-state index contributed by atoms with van der Waals surface area (Å²) in [5.41, 5.74) is 0. The first-order valence-electron chi connectivity index (χ1n) is 1.88. The van der Waals surface area contributed by atoms with Gasteiger partial charge in [0.15, 0.2) is 0 Å². The van der Waals surface area contributed by atoms with Gasteiger partial charge in [0.2, 0.25) is 0 Å². The molecule has 0 radical (unpaired) electrons. The fraction of sp³-hybridized carbons (Fsp3) is 0. The molecule has 0 aliphatic heterocycles. The second-order valence-electron chi connectivity index (χ2n) is 0.986. The molecule has 0 aromatic rings. The molecule has 0 aliphatic rings. The van der Waals surface area contributed by atoms with Crippen molar-refractivity contribution in [1.82, 2.24) is 12.3 Å². The second kappa shape index (κ2) is 16.1. The summed E-state index contributed by atoms with van der Waals surface area (Å²) in [4.78, 5) is 28.8. The van der Waals surface area contributed by atoms with Gasteiger partial charge >= 0.3 is 93.9 Å². The van der Waals surface area contributed by atoms with E-state index in [9.17, 15) is 14.4 Å². The third kappa shape index (κ3) is 22.9. The normalized spacial score (nSPS) is 5.71. The zero-order valence-corrected chi connectivity index (χ0v) is 11.7. The van der Waals surface area contributed by atoms with E-state index < -0.39 is 18.5 Å². The average Bonchev–Trinajstić information content (AvgIpc) is 1.58. The summed E-state index contributed by atoms with van der Waals surface area (Å²) in [7, 11) is 0. The van der Waals surface area contributed by atoms with Crippen LogP contribution in [0.3, 0.4) is 0 Å². The molecule has 11 heteroatoms. The topological polar surface area (TPSA) is 180 Å².